The first kappa shape index (κ1) is 16.5. The monoisotopic (exact) mass is 350 g/mol. The van der Waals surface area contributed by atoms with Crippen molar-refractivity contribution in [3.63, 3.8) is 0 Å². The standard InChI is InChI=1S/C12H19BrN4O.ClH/c1-7(2)10-9(13)11(17-16-10)12(18)15-8-4-3-5-14-6-8;/h7-8,14H,3-6H2,1-2H3,(H,15,18)(H,16,17);1H. The second-order valence-electron chi connectivity index (χ2n) is 4.97. The van der Waals surface area contributed by atoms with Gasteiger partial charge in [-0.1, -0.05) is 13.8 Å². The molecule has 1 atom stereocenters. The summed E-state index contributed by atoms with van der Waals surface area (Å²) < 4.78 is 0.777. The summed E-state index contributed by atoms with van der Waals surface area (Å²) in [4.78, 5) is 12.1. The molecule has 7 heteroatoms. The lowest BCUT2D eigenvalue weighted by Crippen LogP contribution is -2.45. The van der Waals surface area contributed by atoms with E-state index < -0.39 is 0 Å². The highest BCUT2D eigenvalue weighted by atomic mass is 79.9. The van der Waals surface area contributed by atoms with Gasteiger partial charge in [-0.25, -0.2) is 0 Å². The number of aromatic amines is 1. The van der Waals surface area contributed by atoms with Crippen LogP contribution in [0.3, 0.4) is 0 Å². The lowest BCUT2D eigenvalue weighted by Gasteiger charge is -2.23. The van der Waals surface area contributed by atoms with Crippen molar-refractivity contribution in [2.45, 2.75) is 38.6 Å². The van der Waals surface area contributed by atoms with Crippen molar-refractivity contribution in [3.05, 3.63) is 15.9 Å². The number of hydrogen-bond donors (Lipinski definition) is 3. The number of rotatable bonds is 3. The summed E-state index contributed by atoms with van der Waals surface area (Å²) >= 11 is 3.45. The van der Waals surface area contributed by atoms with Crippen molar-refractivity contribution >= 4 is 34.2 Å². The average Bonchev–Trinajstić information content (AvgIpc) is 2.72. The molecular formula is C12H20BrClN4O. The number of aromatic nitrogens is 2. The van der Waals surface area contributed by atoms with Gasteiger partial charge in [0.15, 0.2) is 5.69 Å². The van der Waals surface area contributed by atoms with Gasteiger partial charge in [0.2, 0.25) is 0 Å². The molecule has 0 radical (unpaired) electrons. The zero-order chi connectivity index (χ0) is 13.1. The highest BCUT2D eigenvalue weighted by molar-refractivity contribution is 9.10. The van der Waals surface area contributed by atoms with E-state index in [0.29, 0.717) is 11.6 Å². The minimum absolute atomic E-state index is 0. The van der Waals surface area contributed by atoms with Gasteiger partial charge in [0.05, 0.1) is 10.2 Å². The number of piperidine rings is 1. The summed E-state index contributed by atoms with van der Waals surface area (Å²) in [6.07, 6.45) is 2.13. The third-order valence-electron chi connectivity index (χ3n) is 3.16. The van der Waals surface area contributed by atoms with Gasteiger partial charge in [-0.2, -0.15) is 5.10 Å². The molecule has 1 unspecified atom stereocenters. The summed E-state index contributed by atoms with van der Waals surface area (Å²) in [7, 11) is 0. The van der Waals surface area contributed by atoms with Crippen LogP contribution in [0.2, 0.25) is 0 Å². The van der Waals surface area contributed by atoms with Crippen LogP contribution < -0.4 is 10.6 Å². The number of nitrogens with zero attached hydrogens (tertiary/aromatic N) is 1. The molecule has 2 rings (SSSR count). The maximum atomic E-state index is 12.1. The first-order chi connectivity index (χ1) is 8.59. The summed E-state index contributed by atoms with van der Waals surface area (Å²) in [6.45, 7) is 6.00. The Hall–Kier alpha value is -0.590. The van der Waals surface area contributed by atoms with E-state index in [1.165, 1.54) is 0 Å². The fourth-order valence-corrected chi connectivity index (χ4v) is 2.92. The highest BCUT2D eigenvalue weighted by Crippen LogP contribution is 2.25. The number of halogens is 2. The van der Waals surface area contributed by atoms with Crippen LogP contribution in [-0.4, -0.2) is 35.2 Å². The molecule has 1 aliphatic rings. The minimum atomic E-state index is -0.112. The zero-order valence-electron chi connectivity index (χ0n) is 11.1. The van der Waals surface area contributed by atoms with Crippen molar-refractivity contribution in [2.75, 3.05) is 13.1 Å². The Balaban J connectivity index is 0.00000180. The fourth-order valence-electron chi connectivity index (χ4n) is 2.10. The Morgan fingerprint density at radius 3 is 2.79 bits per heavy atom. The second-order valence-corrected chi connectivity index (χ2v) is 5.76. The molecule has 0 aliphatic carbocycles. The Bertz CT molecular complexity index is 429. The van der Waals surface area contributed by atoms with E-state index >= 15 is 0 Å². The van der Waals surface area contributed by atoms with E-state index in [0.717, 1.165) is 36.1 Å². The lowest BCUT2D eigenvalue weighted by molar-refractivity contribution is 0.0925. The van der Waals surface area contributed by atoms with E-state index in [9.17, 15) is 4.79 Å². The SMILES string of the molecule is CC(C)c1[nH]nc(C(=O)NC2CCCNC2)c1Br.Cl. The summed E-state index contributed by atoms with van der Waals surface area (Å²) in [6, 6.07) is 0.206. The van der Waals surface area contributed by atoms with Crippen molar-refractivity contribution < 1.29 is 4.79 Å². The number of hydrogen-bond acceptors (Lipinski definition) is 3. The maximum absolute atomic E-state index is 12.1. The molecule has 1 fully saturated rings. The molecule has 2 heterocycles. The number of nitrogens with one attached hydrogen (secondary N) is 3. The Morgan fingerprint density at radius 1 is 1.53 bits per heavy atom. The molecule has 0 bridgehead atoms. The topological polar surface area (TPSA) is 69.8 Å². The summed E-state index contributed by atoms with van der Waals surface area (Å²) in [5.41, 5.74) is 1.41. The van der Waals surface area contributed by atoms with E-state index in [1.54, 1.807) is 0 Å². The van der Waals surface area contributed by atoms with E-state index in [1.807, 2.05) is 0 Å². The predicted octanol–water partition coefficient (Wildman–Crippen LogP) is 2.20. The van der Waals surface area contributed by atoms with Crippen LogP contribution in [0.5, 0.6) is 0 Å². The molecule has 108 valence electrons. The first-order valence-corrected chi connectivity index (χ1v) is 7.14. The molecule has 1 aromatic rings. The van der Waals surface area contributed by atoms with Crippen LogP contribution in [0.4, 0.5) is 0 Å². The van der Waals surface area contributed by atoms with E-state index in [2.05, 4.69) is 50.6 Å². The maximum Gasteiger partial charge on any atom is 0.273 e. The van der Waals surface area contributed by atoms with Crippen LogP contribution in [0.25, 0.3) is 0 Å². The minimum Gasteiger partial charge on any atom is -0.347 e. The molecule has 1 aliphatic heterocycles. The van der Waals surface area contributed by atoms with Crippen LogP contribution in [0.1, 0.15) is 48.8 Å². The van der Waals surface area contributed by atoms with Crippen LogP contribution in [-0.2, 0) is 0 Å². The quantitative estimate of drug-likeness (QED) is 0.782. The lowest BCUT2D eigenvalue weighted by atomic mass is 10.1. The Kier molecular flexibility index (Phi) is 6.29. The molecule has 0 spiro atoms. The molecule has 3 N–H and O–H groups in total. The molecular weight excluding hydrogens is 332 g/mol. The third-order valence-corrected chi connectivity index (χ3v) is 3.96. The van der Waals surface area contributed by atoms with Crippen molar-refractivity contribution in [1.82, 2.24) is 20.8 Å². The molecule has 0 saturated carbocycles. The van der Waals surface area contributed by atoms with Gasteiger partial charge >= 0.3 is 0 Å². The third kappa shape index (κ3) is 3.94. The van der Waals surface area contributed by atoms with Gasteiger partial charge in [-0.15, -0.1) is 12.4 Å². The number of amides is 1. The number of carbonyl (C=O) groups is 1. The second kappa shape index (κ2) is 7.26. The van der Waals surface area contributed by atoms with Crippen molar-refractivity contribution in [2.24, 2.45) is 0 Å². The van der Waals surface area contributed by atoms with Crippen molar-refractivity contribution in [3.8, 4) is 0 Å². The molecule has 19 heavy (non-hydrogen) atoms. The van der Waals surface area contributed by atoms with E-state index in [-0.39, 0.29) is 24.4 Å². The first-order valence-electron chi connectivity index (χ1n) is 6.35. The Morgan fingerprint density at radius 2 is 2.26 bits per heavy atom. The van der Waals surface area contributed by atoms with Gasteiger partial charge in [-0.05, 0) is 41.2 Å². The zero-order valence-corrected chi connectivity index (χ0v) is 13.5. The Labute approximate surface area is 127 Å². The van der Waals surface area contributed by atoms with Gasteiger partial charge < -0.3 is 10.6 Å². The summed E-state index contributed by atoms with van der Waals surface area (Å²) in [5, 5.41) is 13.3. The molecule has 1 aromatic heterocycles. The predicted molar refractivity (Wildman–Crippen MR) is 81.0 cm³/mol. The summed E-state index contributed by atoms with van der Waals surface area (Å²) in [5.74, 6) is 0.198. The normalized spacial score (nSPS) is 19.1. The number of H-pyrrole nitrogens is 1. The van der Waals surface area contributed by atoms with Crippen molar-refractivity contribution in [1.29, 1.82) is 0 Å². The molecule has 1 saturated heterocycles. The highest BCUT2D eigenvalue weighted by Gasteiger charge is 2.22. The van der Waals surface area contributed by atoms with Crippen LogP contribution >= 0.6 is 28.3 Å². The number of carbonyl (C=O) groups excluding carboxylic acids is 1. The smallest absolute Gasteiger partial charge is 0.273 e. The van der Waals surface area contributed by atoms with Gasteiger partial charge in [-0.3, -0.25) is 9.89 Å². The van der Waals surface area contributed by atoms with Gasteiger partial charge in [0.1, 0.15) is 0 Å². The molecule has 1 amide bonds. The van der Waals surface area contributed by atoms with Crippen LogP contribution in [0.15, 0.2) is 4.47 Å². The largest absolute Gasteiger partial charge is 0.347 e. The average molecular weight is 352 g/mol. The van der Waals surface area contributed by atoms with Crippen LogP contribution in [0, 0.1) is 0 Å². The fraction of sp³-hybridized carbons (Fsp3) is 0.667. The van der Waals surface area contributed by atoms with E-state index in [4.69, 9.17) is 0 Å². The van der Waals surface area contributed by atoms with Gasteiger partial charge in [0.25, 0.3) is 5.91 Å². The molecule has 5 nitrogen and oxygen atoms in total. The van der Waals surface area contributed by atoms with Gasteiger partial charge in [0, 0.05) is 12.6 Å². The molecule has 0 aromatic carbocycles.